The topological polar surface area (TPSA) is 177 Å². The molecule has 4 rings (SSSR count). The Hall–Kier alpha value is -5.16. The Kier molecular flexibility index (Phi) is 6.42. The molecule has 0 fully saturated rings. The van der Waals surface area contributed by atoms with Crippen molar-refractivity contribution in [1.29, 1.82) is 10.5 Å². The van der Waals surface area contributed by atoms with Gasteiger partial charge in [-0.05, 0) is 35.4 Å². The van der Waals surface area contributed by atoms with Crippen LogP contribution in [0.2, 0.25) is 0 Å². The highest BCUT2D eigenvalue weighted by molar-refractivity contribution is 5.98. The Bertz CT molecular complexity index is 1370. The smallest absolute Gasteiger partial charge is 0.211 e. The third-order valence-electron chi connectivity index (χ3n) is 5.41. The maximum absolute atomic E-state index is 9.49. The van der Waals surface area contributed by atoms with E-state index in [4.69, 9.17) is 30.9 Å². The van der Waals surface area contributed by atoms with Crippen molar-refractivity contribution >= 4 is 23.3 Å². The van der Waals surface area contributed by atoms with Crippen molar-refractivity contribution in [2.24, 2.45) is 4.99 Å². The van der Waals surface area contributed by atoms with Crippen LogP contribution in [0.15, 0.2) is 47.5 Å². The molecule has 1 unspecified atom stereocenters. The highest BCUT2D eigenvalue weighted by Crippen LogP contribution is 2.42. The van der Waals surface area contributed by atoms with Gasteiger partial charge in [0.15, 0.2) is 17.7 Å². The van der Waals surface area contributed by atoms with Gasteiger partial charge in [-0.3, -0.25) is 5.32 Å². The number of methoxy groups -OCH3 is 2. The third kappa shape index (κ3) is 4.51. The van der Waals surface area contributed by atoms with E-state index in [0.29, 0.717) is 35.1 Å². The van der Waals surface area contributed by atoms with Gasteiger partial charge in [-0.15, -0.1) is 0 Å². The molecule has 1 aliphatic rings. The lowest BCUT2D eigenvalue weighted by Gasteiger charge is -2.26. The van der Waals surface area contributed by atoms with Gasteiger partial charge in [-0.25, -0.2) is 9.98 Å². The van der Waals surface area contributed by atoms with Crippen LogP contribution in [0, 0.1) is 22.8 Å². The summed E-state index contributed by atoms with van der Waals surface area (Å²) in [4.78, 5) is 8.82. The minimum Gasteiger partial charge on any atom is -0.497 e. The summed E-state index contributed by atoms with van der Waals surface area (Å²) in [5, 5.41) is 23.9. The molecule has 2 aromatic carbocycles. The van der Waals surface area contributed by atoms with Crippen LogP contribution in [0.25, 0.3) is 0 Å². The zero-order valence-corrected chi connectivity index (χ0v) is 19.0. The zero-order chi connectivity index (χ0) is 24.9. The Labute approximate surface area is 201 Å². The number of nitrogens with zero attached hydrogens (tertiary/aromatic N) is 4. The summed E-state index contributed by atoms with van der Waals surface area (Å²) in [5.41, 5.74) is 14.5. The molecule has 0 amide bonds. The molecule has 0 saturated heterocycles. The molecule has 11 nitrogen and oxygen atoms in total. The van der Waals surface area contributed by atoms with Crippen molar-refractivity contribution in [3.05, 3.63) is 64.7 Å². The summed E-state index contributed by atoms with van der Waals surface area (Å²) < 4.78 is 16.7. The number of nitriles is 2. The fraction of sp³-hybridized carbons (Fsp3) is 0.167. The first-order valence-corrected chi connectivity index (χ1v) is 10.4. The molecule has 1 aromatic heterocycles. The standard InChI is InChI=1S/C24H22N8O3/c1-33-15-6-3-13(4-7-15)11-35-17-8-5-14(9-18(17)34-2)21-19-20(27)16(10-25)22(28)31-23(19)32-24(30-21)29-12-26/h3-9,21H,11H2,1-2H3,(H6,27,28,29,30,31,32). The number of hydrogen-bond acceptors (Lipinski definition) is 11. The van der Waals surface area contributed by atoms with Gasteiger partial charge in [-0.1, -0.05) is 18.2 Å². The number of guanidine groups is 1. The molecule has 3 aromatic rings. The molecule has 0 radical (unpaired) electrons. The molecule has 2 heterocycles. The van der Waals surface area contributed by atoms with Crippen molar-refractivity contribution in [1.82, 2.24) is 10.3 Å². The molecule has 0 aliphatic carbocycles. The summed E-state index contributed by atoms with van der Waals surface area (Å²) in [5.74, 6) is 2.22. The quantitative estimate of drug-likeness (QED) is 0.309. The van der Waals surface area contributed by atoms with Crippen LogP contribution in [0.4, 0.5) is 17.3 Å². The number of aromatic nitrogens is 1. The maximum Gasteiger partial charge on any atom is 0.211 e. The lowest BCUT2D eigenvalue weighted by molar-refractivity contribution is 0.284. The molecule has 0 spiro atoms. The van der Waals surface area contributed by atoms with E-state index in [-0.39, 0.29) is 23.0 Å². The van der Waals surface area contributed by atoms with Gasteiger partial charge in [0.05, 0.1) is 19.9 Å². The minimum atomic E-state index is -0.688. The number of ether oxygens (including phenoxy) is 3. The summed E-state index contributed by atoms with van der Waals surface area (Å²) >= 11 is 0. The predicted molar refractivity (Wildman–Crippen MR) is 130 cm³/mol. The van der Waals surface area contributed by atoms with Crippen molar-refractivity contribution in [3.8, 4) is 29.5 Å². The van der Waals surface area contributed by atoms with E-state index in [1.165, 1.54) is 7.11 Å². The Morgan fingerprint density at radius 2 is 1.83 bits per heavy atom. The monoisotopic (exact) mass is 470 g/mol. The second-order valence-corrected chi connectivity index (χ2v) is 7.45. The fourth-order valence-electron chi connectivity index (χ4n) is 3.68. The first-order valence-electron chi connectivity index (χ1n) is 10.4. The number of aliphatic imine (C=N–C) groups is 1. The number of fused-ring (bicyclic) bond motifs is 1. The van der Waals surface area contributed by atoms with Gasteiger partial charge in [-0.2, -0.15) is 10.5 Å². The second kappa shape index (κ2) is 9.77. The van der Waals surface area contributed by atoms with Crippen LogP contribution in [0.1, 0.15) is 28.3 Å². The summed E-state index contributed by atoms with van der Waals surface area (Å²) in [6.07, 6.45) is 1.82. The molecular weight excluding hydrogens is 448 g/mol. The average molecular weight is 470 g/mol. The number of pyridine rings is 1. The molecule has 0 bridgehead atoms. The van der Waals surface area contributed by atoms with Crippen LogP contribution in [0.3, 0.4) is 0 Å². The van der Waals surface area contributed by atoms with Crippen LogP contribution in [-0.4, -0.2) is 25.2 Å². The summed E-state index contributed by atoms with van der Waals surface area (Å²) in [6, 6.07) is 14.2. The van der Waals surface area contributed by atoms with Crippen LogP contribution in [-0.2, 0) is 6.61 Å². The summed E-state index contributed by atoms with van der Waals surface area (Å²) in [6.45, 7) is 0.325. The first kappa shape index (κ1) is 23.0. The van der Waals surface area contributed by atoms with Gasteiger partial charge in [0, 0.05) is 5.56 Å². The van der Waals surface area contributed by atoms with Crippen molar-refractivity contribution in [3.63, 3.8) is 0 Å². The largest absolute Gasteiger partial charge is 0.497 e. The van der Waals surface area contributed by atoms with Crippen LogP contribution < -0.4 is 36.3 Å². The van der Waals surface area contributed by atoms with Gasteiger partial charge >= 0.3 is 0 Å². The Balaban J connectivity index is 1.69. The number of benzene rings is 2. The van der Waals surface area contributed by atoms with E-state index in [2.05, 4.69) is 20.6 Å². The molecule has 11 heteroatoms. The van der Waals surface area contributed by atoms with Gasteiger partial charge in [0.25, 0.3) is 0 Å². The lowest BCUT2D eigenvalue weighted by atomic mass is 9.95. The average Bonchev–Trinajstić information content (AvgIpc) is 2.87. The molecule has 1 aliphatic heterocycles. The fourth-order valence-corrected chi connectivity index (χ4v) is 3.68. The van der Waals surface area contributed by atoms with E-state index in [9.17, 15) is 5.26 Å². The number of anilines is 3. The van der Waals surface area contributed by atoms with Gasteiger partial charge in [0.1, 0.15) is 41.7 Å². The van der Waals surface area contributed by atoms with E-state index < -0.39 is 6.04 Å². The molecule has 0 saturated carbocycles. The zero-order valence-electron chi connectivity index (χ0n) is 19.0. The van der Waals surface area contributed by atoms with E-state index in [1.807, 2.05) is 36.5 Å². The normalized spacial score (nSPS) is 13.8. The summed E-state index contributed by atoms with van der Waals surface area (Å²) in [7, 11) is 3.15. The number of rotatable bonds is 6. The molecular formula is C24H22N8O3. The number of nitrogen functional groups attached to an aromatic ring is 2. The third-order valence-corrected chi connectivity index (χ3v) is 5.41. The first-order chi connectivity index (χ1) is 17.0. The van der Waals surface area contributed by atoms with Crippen LogP contribution >= 0.6 is 0 Å². The van der Waals surface area contributed by atoms with Crippen molar-refractivity contribution in [2.45, 2.75) is 12.6 Å². The van der Waals surface area contributed by atoms with E-state index in [1.54, 1.807) is 25.3 Å². The SMILES string of the molecule is COc1ccc(COc2ccc(C3N=C(NC#N)Nc4nc(N)c(C#N)c(N)c43)cc2OC)cc1. The highest BCUT2D eigenvalue weighted by Gasteiger charge is 2.30. The molecule has 35 heavy (non-hydrogen) atoms. The Morgan fingerprint density at radius 1 is 1.06 bits per heavy atom. The number of hydrogen-bond donors (Lipinski definition) is 4. The van der Waals surface area contributed by atoms with E-state index >= 15 is 0 Å². The molecule has 1 atom stereocenters. The van der Waals surface area contributed by atoms with Gasteiger partial charge in [0.2, 0.25) is 5.96 Å². The van der Waals surface area contributed by atoms with E-state index in [0.717, 1.165) is 11.3 Å². The maximum atomic E-state index is 9.49. The number of nitrogens with one attached hydrogen (secondary N) is 2. The minimum absolute atomic E-state index is 0.0203. The number of nitrogens with two attached hydrogens (primary N) is 2. The lowest BCUT2D eigenvalue weighted by Crippen LogP contribution is -2.32. The predicted octanol–water partition coefficient (Wildman–Crippen LogP) is 2.66. The van der Waals surface area contributed by atoms with Crippen molar-refractivity contribution < 1.29 is 14.2 Å². The van der Waals surface area contributed by atoms with Gasteiger partial charge < -0.3 is 31.0 Å². The molecule has 6 N–H and O–H groups in total. The van der Waals surface area contributed by atoms with Crippen molar-refractivity contribution in [2.75, 3.05) is 31.0 Å². The molecule has 176 valence electrons. The highest BCUT2D eigenvalue weighted by atomic mass is 16.5. The van der Waals surface area contributed by atoms with Crippen LogP contribution in [0.5, 0.6) is 17.2 Å². The Morgan fingerprint density at radius 3 is 2.49 bits per heavy atom. The second-order valence-electron chi connectivity index (χ2n) is 7.45.